The molecule has 0 saturated carbocycles. The number of aromatic nitrogens is 2. The fraction of sp³-hybridized carbons (Fsp3) is 0.174. The lowest BCUT2D eigenvalue weighted by atomic mass is 10.0. The van der Waals surface area contributed by atoms with Gasteiger partial charge in [-0.25, -0.2) is 4.79 Å². The van der Waals surface area contributed by atoms with Gasteiger partial charge in [0.05, 0.1) is 18.8 Å². The molecule has 1 heterocycles. The van der Waals surface area contributed by atoms with E-state index in [0.717, 1.165) is 16.7 Å². The first-order valence-electron chi connectivity index (χ1n) is 9.08. The van der Waals surface area contributed by atoms with Crippen molar-refractivity contribution in [2.75, 3.05) is 6.61 Å². The fourth-order valence-corrected chi connectivity index (χ4v) is 2.83. The van der Waals surface area contributed by atoms with Crippen molar-refractivity contribution in [1.82, 2.24) is 9.78 Å². The molecular formula is C23H21N3O2. The second-order valence-corrected chi connectivity index (χ2v) is 6.37. The number of rotatable bonds is 6. The molecule has 0 bridgehead atoms. The van der Waals surface area contributed by atoms with Gasteiger partial charge in [0.15, 0.2) is 0 Å². The number of esters is 1. The number of carbonyl (C=O) groups is 1. The van der Waals surface area contributed by atoms with Crippen LogP contribution < -0.4 is 0 Å². The number of hydrogen-bond acceptors (Lipinski definition) is 4. The molecule has 0 aliphatic heterocycles. The van der Waals surface area contributed by atoms with Gasteiger partial charge in [0.2, 0.25) is 0 Å². The fourth-order valence-electron chi connectivity index (χ4n) is 2.83. The van der Waals surface area contributed by atoms with Crippen LogP contribution in [0.1, 0.15) is 23.6 Å². The molecule has 5 heteroatoms. The first-order valence-corrected chi connectivity index (χ1v) is 9.08. The van der Waals surface area contributed by atoms with E-state index in [4.69, 9.17) is 9.84 Å². The normalized spacial score (nSPS) is 11.1. The van der Waals surface area contributed by atoms with Crippen LogP contribution in [0, 0.1) is 18.3 Å². The lowest BCUT2D eigenvalue weighted by Crippen LogP contribution is -2.06. The van der Waals surface area contributed by atoms with Gasteiger partial charge in [-0.3, -0.25) is 4.68 Å². The second-order valence-electron chi connectivity index (χ2n) is 6.37. The SMILES string of the molecule is CCOC(=O)/C(C#N)=C/c1cn(Cc2ccccc2)nc1-c1ccc(C)cc1. The maximum absolute atomic E-state index is 12.0. The summed E-state index contributed by atoms with van der Waals surface area (Å²) >= 11 is 0. The number of hydrogen-bond donors (Lipinski definition) is 0. The Morgan fingerprint density at radius 2 is 1.89 bits per heavy atom. The summed E-state index contributed by atoms with van der Waals surface area (Å²) in [5.41, 5.74) is 4.55. The van der Waals surface area contributed by atoms with E-state index in [0.29, 0.717) is 17.8 Å². The Morgan fingerprint density at radius 1 is 1.18 bits per heavy atom. The summed E-state index contributed by atoms with van der Waals surface area (Å²) in [5.74, 6) is -0.629. The highest BCUT2D eigenvalue weighted by Crippen LogP contribution is 2.25. The zero-order valence-electron chi connectivity index (χ0n) is 15.9. The van der Waals surface area contributed by atoms with E-state index in [2.05, 4.69) is 0 Å². The summed E-state index contributed by atoms with van der Waals surface area (Å²) in [6.45, 7) is 4.54. The van der Waals surface area contributed by atoms with Gasteiger partial charge in [0.1, 0.15) is 11.6 Å². The highest BCUT2D eigenvalue weighted by molar-refractivity contribution is 5.98. The van der Waals surface area contributed by atoms with E-state index in [9.17, 15) is 10.1 Å². The first kappa shape index (κ1) is 19.1. The molecule has 1 aromatic heterocycles. The summed E-state index contributed by atoms with van der Waals surface area (Å²) in [6, 6.07) is 19.9. The molecule has 0 fully saturated rings. The highest BCUT2D eigenvalue weighted by Gasteiger charge is 2.15. The molecule has 0 saturated heterocycles. The third-order valence-corrected chi connectivity index (χ3v) is 4.22. The van der Waals surface area contributed by atoms with Crippen molar-refractivity contribution >= 4 is 12.0 Å². The van der Waals surface area contributed by atoms with Crippen molar-refractivity contribution < 1.29 is 9.53 Å². The molecule has 0 aliphatic rings. The van der Waals surface area contributed by atoms with Crippen LogP contribution in [0.4, 0.5) is 0 Å². The number of benzene rings is 2. The topological polar surface area (TPSA) is 67.9 Å². The van der Waals surface area contributed by atoms with Crippen LogP contribution in [0.25, 0.3) is 17.3 Å². The Labute approximate surface area is 164 Å². The zero-order valence-corrected chi connectivity index (χ0v) is 15.9. The monoisotopic (exact) mass is 371 g/mol. The van der Waals surface area contributed by atoms with Crippen LogP contribution >= 0.6 is 0 Å². The van der Waals surface area contributed by atoms with Gasteiger partial charge in [-0.15, -0.1) is 0 Å². The van der Waals surface area contributed by atoms with Crippen molar-refractivity contribution in [2.45, 2.75) is 20.4 Å². The van der Waals surface area contributed by atoms with Crippen LogP contribution in [0.15, 0.2) is 66.4 Å². The van der Waals surface area contributed by atoms with Gasteiger partial charge in [-0.05, 0) is 25.5 Å². The quantitative estimate of drug-likeness (QED) is 0.366. The van der Waals surface area contributed by atoms with E-state index in [1.807, 2.05) is 78.5 Å². The predicted octanol–water partition coefficient (Wildman–Crippen LogP) is 4.38. The molecule has 3 rings (SSSR count). The molecular weight excluding hydrogens is 350 g/mol. The molecule has 0 radical (unpaired) electrons. The summed E-state index contributed by atoms with van der Waals surface area (Å²) in [7, 11) is 0. The lowest BCUT2D eigenvalue weighted by molar-refractivity contribution is -0.137. The minimum Gasteiger partial charge on any atom is -0.462 e. The number of nitriles is 1. The Morgan fingerprint density at radius 3 is 2.54 bits per heavy atom. The molecule has 0 aliphatic carbocycles. The summed E-state index contributed by atoms with van der Waals surface area (Å²) < 4.78 is 6.79. The Kier molecular flexibility index (Phi) is 6.03. The number of aryl methyl sites for hydroxylation is 1. The van der Waals surface area contributed by atoms with Crippen molar-refractivity contribution in [3.05, 3.63) is 83.1 Å². The molecule has 3 aromatic rings. The molecule has 0 atom stereocenters. The van der Waals surface area contributed by atoms with Gasteiger partial charge in [0.25, 0.3) is 0 Å². The van der Waals surface area contributed by atoms with Gasteiger partial charge in [0, 0.05) is 17.3 Å². The Hall–Kier alpha value is -3.65. The summed E-state index contributed by atoms with van der Waals surface area (Å²) in [6.07, 6.45) is 3.39. The van der Waals surface area contributed by atoms with Crippen LogP contribution in [0.2, 0.25) is 0 Å². The number of ether oxygens (including phenoxy) is 1. The van der Waals surface area contributed by atoms with E-state index in [1.165, 1.54) is 0 Å². The average molecular weight is 371 g/mol. The van der Waals surface area contributed by atoms with Gasteiger partial charge in [-0.2, -0.15) is 10.4 Å². The van der Waals surface area contributed by atoms with Crippen molar-refractivity contribution in [2.24, 2.45) is 0 Å². The second kappa shape index (κ2) is 8.83. The maximum Gasteiger partial charge on any atom is 0.348 e. The molecule has 0 spiro atoms. The Bertz CT molecular complexity index is 1030. The lowest BCUT2D eigenvalue weighted by Gasteiger charge is -2.02. The minimum absolute atomic E-state index is 0.0468. The maximum atomic E-state index is 12.0. The van der Waals surface area contributed by atoms with E-state index < -0.39 is 5.97 Å². The minimum atomic E-state index is -0.629. The molecule has 0 amide bonds. The van der Waals surface area contributed by atoms with E-state index in [1.54, 1.807) is 13.0 Å². The molecule has 0 unspecified atom stereocenters. The van der Waals surface area contributed by atoms with E-state index in [-0.39, 0.29) is 12.2 Å². The smallest absolute Gasteiger partial charge is 0.348 e. The molecule has 0 N–H and O–H groups in total. The average Bonchev–Trinajstić information content (AvgIpc) is 3.09. The molecule has 2 aromatic carbocycles. The first-order chi connectivity index (χ1) is 13.6. The predicted molar refractivity (Wildman–Crippen MR) is 108 cm³/mol. The number of nitrogens with zero attached hydrogens (tertiary/aromatic N) is 3. The van der Waals surface area contributed by atoms with Gasteiger partial charge >= 0.3 is 5.97 Å². The van der Waals surface area contributed by atoms with Crippen molar-refractivity contribution in [1.29, 1.82) is 5.26 Å². The third kappa shape index (κ3) is 4.54. The molecule has 140 valence electrons. The van der Waals surface area contributed by atoms with Gasteiger partial charge in [-0.1, -0.05) is 60.2 Å². The molecule has 5 nitrogen and oxygen atoms in total. The standard InChI is InChI=1S/C23H21N3O2/c1-3-28-23(27)20(14-24)13-21-16-26(15-18-7-5-4-6-8-18)25-22(21)19-11-9-17(2)10-12-19/h4-13,16H,3,15H2,1-2H3/b20-13+. The third-order valence-electron chi connectivity index (χ3n) is 4.22. The summed E-state index contributed by atoms with van der Waals surface area (Å²) in [4.78, 5) is 12.0. The van der Waals surface area contributed by atoms with Crippen LogP contribution in [0.3, 0.4) is 0 Å². The Balaban J connectivity index is 2.04. The van der Waals surface area contributed by atoms with Gasteiger partial charge < -0.3 is 4.74 Å². The highest BCUT2D eigenvalue weighted by atomic mass is 16.5. The number of carbonyl (C=O) groups excluding carboxylic acids is 1. The molecule has 28 heavy (non-hydrogen) atoms. The summed E-state index contributed by atoms with van der Waals surface area (Å²) in [5, 5.41) is 14.1. The zero-order chi connectivity index (χ0) is 19.9. The van der Waals surface area contributed by atoms with Crippen LogP contribution in [0.5, 0.6) is 0 Å². The van der Waals surface area contributed by atoms with Crippen molar-refractivity contribution in [3.8, 4) is 17.3 Å². The van der Waals surface area contributed by atoms with Crippen LogP contribution in [-0.2, 0) is 16.1 Å². The van der Waals surface area contributed by atoms with Crippen LogP contribution in [-0.4, -0.2) is 22.4 Å². The van der Waals surface area contributed by atoms with E-state index >= 15 is 0 Å². The van der Waals surface area contributed by atoms with Crippen molar-refractivity contribution in [3.63, 3.8) is 0 Å². The largest absolute Gasteiger partial charge is 0.462 e.